The lowest BCUT2D eigenvalue weighted by Gasteiger charge is -2.34. The molecule has 1 aliphatic carbocycles. The van der Waals surface area contributed by atoms with Gasteiger partial charge in [0.25, 0.3) is 5.22 Å². The number of thioether (sulfide) groups is 1. The van der Waals surface area contributed by atoms with Crippen LogP contribution in [0.3, 0.4) is 0 Å². The minimum absolute atomic E-state index is 0.00168. The Balaban J connectivity index is 1.57. The van der Waals surface area contributed by atoms with Crippen molar-refractivity contribution in [1.29, 1.82) is 0 Å². The van der Waals surface area contributed by atoms with Crippen LogP contribution in [0.25, 0.3) is 11.5 Å². The summed E-state index contributed by atoms with van der Waals surface area (Å²) in [6, 6.07) is 5.63. The maximum absolute atomic E-state index is 12.3. The molecule has 3 atom stereocenters. The number of amides is 1. The van der Waals surface area contributed by atoms with E-state index in [1.807, 2.05) is 6.07 Å². The van der Waals surface area contributed by atoms with Crippen LogP contribution in [0.5, 0.6) is 11.5 Å². The van der Waals surface area contributed by atoms with Crippen molar-refractivity contribution in [2.45, 2.75) is 44.4 Å². The van der Waals surface area contributed by atoms with Crippen LogP contribution in [0.1, 0.15) is 33.1 Å². The number of nitrogens with one attached hydrogen (secondary N) is 1. The molecule has 1 N–H and O–H groups in total. The normalized spacial score (nSPS) is 21.9. The molecule has 1 saturated carbocycles. The van der Waals surface area contributed by atoms with Gasteiger partial charge < -0.3 is 19.2 Å². The quantitative estimate of drug-likeness (QED) is 0.701. The van der Waals surface area contributed by atoms with Crippen LogP contribution in [0.4, 0.5) is 0 Å². The molecule has 7 nitrogen and oxygen atoms in total. The zero-order chi connectivity index (χ0) is 20.1. The van der Waals surface area contributed by atoms with Crippen molar-refractivity contribution < 1.29 is 18.7 Å². The molecule has 28 heavy (non-hydrogen) atoms. The Morgan fingerprint density at radius 1 is 1.21 bits per heavy atom. The average Bonchev–Trinajstić information content (AvgIpc) is 3.18. The second-order valence-electron chi connectivity index (χ2n) is 7.17. The summed E-state index contributed by atoms with van der Waals surface area (Å²) in [5, 5.41) is 11.6. The van der Waals surface area contributed by atoms with E-state index in [9.17, 15) is 4.79 Å². The molecule has 0 aliphatic heterocycles. The Labute approximate surface area is 169 Å². The van der Waals surface area contributed by atoms with Crippen molar-refractivity contribution >= 4 is 17.7 Å². The Morgan fingerprint density at radius 2 is 2.00 bits per heavy atom. The van der Waals surface area contributed by atoms with Gasteiger partial charge in [-0.15, -0.1) is 10.2 Å². The van der Waals surface area contributed by atoms with Crippen molar-refractivity contribution in [3.8, 4) is 23.0 Å². The minimum atomic E-state index is 0.00168. The van der Waals surface area contributed by atoms with Crippen molar-refractivity contribution in [2.24, 2.45) is 11.8 Å². The average molecular weight is 406 g/mol. The smallest absolute Gasteiger partial charge is 0.277 e. The predicted octanol–water partition coefficient (Wildman–Crippen LogP) is 3.79. The van der Waals surface area contributed by atoms with E-state index >= 15 is 0 Å². The lowest BCUT2D eigenvalue weighted by Crippen LogP contribution is -2.44. The van der Waals surface area contributed by atoms with E-state index < -0.39 is 0 Å². The van der Waals surface area contributed by atoms with Gasteiger partial charge in [0, 0.05) is 11.6 Å². The van der Waals surface area contributed by atoms with Gasteiger partial charge >= 0.3 is 0 Å². The van der Waals surface area contributed by atoms with E-state index in [0.717, 1.165) is 12.0 Å². The topological polar surface area (TPSA) is 86.5 Å². The summed E-state index contributed by atoms with van der Waals surface area (Å²) in [5.74, 6) is 2.99. The SMILES string of the molecule is COc1ccc(-c2nnc(SCC(=O)N[C@@H]3CCC[C@H](C)[C@H]3C)o2)cc1OC. The van der Waals surface area contributed by atoms with Crippen molar-refractivity contribution in [3.63, 3.8) is 0 Å². The first-order valence-electron chi connectivity index (χ1n) is 9.50. The molecular weight excluding hydrogens is 378 g/mol. The second kappa shape index (κ2) is 9.32. The van der Waals surface area contributed by atoms with E-state index in [1.54, 1.807) is 26.4 Å². The van der Waals surface area contributed by atoms with E-state index in [-0.39, 0.29) is 17.7 Å². The van der Waals surface area contributed by atoms with Gasteiger partial charge in [0.05, 0.1) is 20.0 Å². The molecule has 0 bridgehead atoms. The summed E-state index contributed by atoms with van der Waals surface area (Å²) < 4.78 is 16.2. The zero-order valence-corrected chi connectivity index (χ0v) is 17.5. The zero-order valence-electron chi connectivity index (χ0n) is 16.7. The molecule has 0 spiro atoms. The van der Waals surface area contributed by atoms with E-state index in [1.165, 1.54) is 24.6 Å². The Bertz CT molecular complexity index is 810. The molecular formula is C20H27N3O4S. The van der Waals surface area contributed by atoms with Crippen molar-refractivity contribution in [2.75, 3.05) is 20.0 Å². The number of hydrogen-bond acceptors (Lipinski definition) is 7. The molecule has 152 valence electrons. The van der Waals surface area contributed by atoms with Gasteiger partial charge in [-0.05, 0) is 36.5 Å². The number of carbonyl (C=O) groups is 1. The van der Waals surface area contributed by atoms with Gasteiger partial charge in [0.15, 0.2) is 11.5 Å². The van der Waals surface area contributed by atoms with Gasteiger partial charge in [0.2, 0.25) is 11.8 Å². The first-order valence-corrected chi connectivity index (χ1v) is 10.5. The molecule has 1 aliphatic rings. The first-order chi connectivity index (χ1) is 13.5. The fourth-order valence-electron chi connectivity index (χ4n) is 3.52. The molecule has 8 heteroatoms. The largest absolute Gasteiger partial charge is 0.493 e. The molecule has 1 heterocycles. The van der Waals surface area contributed by atoms with E-state index in [0.29, 0.717) is 34.4 Å². The van der Waals surface area contributed by atoms with Crippen molar-refractivity contribution in [3.05, 3.63) is 18.2 Å². The predicted molar refractivity (Wildman–Crippen MR) is 108 cm³/mol. The van der Waals surface area contributed by atoms with Crippen molar-refractivity contribution in [1.82, 2.24) is 15.5 Å². The minimum Gasteiger partial charge on any atom is -0.493 e. The maximum Gasteiger partial charge on any atom is 0.277 e. The summed E-state index contributed by atoms with van der Waals surface area (Å²) in [6.45, 7) is 4.47. The molecule has 0 unspecified atom stereocenters. The second-order valence-corrected chi connectivity index (χ2v) is 8.10. The highest BCUT2D eigenvalue weighted by atomic mass is 32.2. The van der Waals surface area contributed by atoms with Gasteiger partial charge in [-0.3, -0.25) is 4.79 Å². The third-order valence-electron chi connectivity index (χ3n) is 5.42. The number of hydrogen-bond donors (Lipinski definition) is 1. The maximum atomic E-state index is 12.3. The third-order valence-corrected chi connectivity index (χ3v) is 6.24. The van der Waals surface area contributed by atoms with Crippen LogP contribution in [0.2, 0.25) is 0 Å². The summed E-state index contributed by atoms with van der Waals surface area (Å²) >= 11 is 1.24. The Kier molecular flexibility index (Phi) is 6.83. The number of carbonyl (C=O) groups excluding carboxylic acids is 1. The molecule has 1 amide bonds. The molecule has 0 saturated heterocycles. The highest BCUT2D eigenvalue weighted by Gasteiger charge is 2.28. The summed E-state index contributed by atoms with van der Waals surface area (Å²) in [5.41, 5.74) is 0.728. The summed E-state index contributed by atoms with van der Waals surface area (Å²) in [6.07, 6.45) is 3.46. The van der Waals surface area contributed by atoms with Crippen LogP contribution in [-0.2, 0) is 4.79 Å². The number of rotatable bonds is 7. The number of aromatic nitrogens is 2. The number of benzene rings is 1. The van der Waals surface area contributed by atoms with Gasteiger partial charge in [0.1, 0.15) is 0 Å². The Hall–Kier alpha value is -2.22. The molecule has 0 radical (unpaired) electrons. The van der Waals surface area contributed by atoms with Crippen LogP contribution in [0.15, 0.2) is 27.8 Å². The van der Waals surface area contributed by atoms with E-state index in [4.69, 9.17) is 13.9 Å². The first kappa shape index (κ1) is 20.5. The molecule has 3 rings (SSSR count). The Morgan fingerprint density at radius 3 is 2.75 bits per heavy atom. The highest BCUT2D eigenvalue weighted by molar-refractivity contribution is 7.99. The fraction of sp³-hybridized carbons (Fsp3) is 0.550. The third kappa shape index (κ3) is 4.79. The van der Waals surface area contributed by atoms with Crippen LogP contribution >= 0.6 is 11.8 Å². The van der Waals surface area contributed by atoms with Crippen LogP contribution < -0.4 is 14.8 Å². The highest BCUT2D eigenvalue weighted by Crippen LogP contribution is 2.33. The summed E-state index contributed by atoms with van der Waals surface area (Å²) in [4.78, 5) is 12.3. The molecule has 1 fully saturated rings. The van der Waals surface area contributed by atoms with Gasteiger partial charge in [-0.2, -0.15) is 0 Å². The fourth-order valence-corrected chi connectivity index (χ4v) is 4.09. The number of nitrogens with zero attached hydrogens (tertiary/aromatic N) is 2. The van der Waals surface area contributed by atoms with Gasteiger partial charge in [-0.25, -0.2) is 0 Å². The number of methoxy groups -OCH3 is 2. The summed E-state index contributed by atoms with van der Waals surface area (Å²) in [7, 11) is 3.15. The standard InChI is InChI=1S/C20H27N3O4S/c1-12-6-5-7-15(13(12)2)21-18(24)11-28-20-23-22-19(27-20)14-8-9-16(25-3)17(10-14)26-4/h8-10,12-13,15H,5-7,11H2,1-4H3,(H,21,24)/t12-,13+,15+/m0/s1. The molecule has 1 aromatic heterocycles. The van der Waals surface area contributed by atoms with Gasteiger partial charge in [-0.1, -0.05) is 38.5 Å². The molecule has 2 aromatic rings. The van der Waals surface area contributed by atoms with Crippen LogP contribution in [-0.4, -0.2) is 42.1 Å². The number of ether oxygens (including phenoxy) is 2. The monoisotopic (exact) mass is 405 g/mol. The lowest BCUT2D eigenvalue weighted by atomic mass is 9.78. The van der Waals surface area contributed by atoms with E-state index in [2.05, 4.69) is 29.4 Å². The lowest BCUT2D eigenvalue weighted by molar-refractivity contribution is -0.120. The van der Waals surface area contributed by atoms with Crippen LogP contribution in [0, 0.1) is 11.8 Å². The molecule has 1 aromatic carbocycles.